The Kier molecular flexibility index (Phi) is 4.28. The number of morpholine rings is 1. The van der Waals surface area contributed by atoms with Crippen LogP contribution in [-0.2, 0) is 17.3 Å². The van der Waals surface area contributed by atoms with Crippen LogP contribution in [0.1, 0.15) is 18.1 Å². The van der Waals surface area contributed by atoms with Gasteiger partial charge in [0, 0.05) is 36.3 Å². The molecule has 0 aliphatic carbocycles. The summed E-state index contributed by atoms with van der Waals surface area (Å²) in [4.78, 5) is 1.82. The first-order valence-electron chi connectivity index (χ1n) is 6.07. The third-order valence-electron chi connectivity index (χ3n) is 3.13. The summed E-state index contributed by atoms with van der Waals surface area (Å²) < 4.78 is 32.9. The summed E-state index contributed by atoms with van der Waals surface area (Å²) in [6.45, 7) is 2.43. The molecule has 3 nitrogen and oxygen atoms in total. The monoisotopic (exact) mass is 291 g/mol. The molecule has 1 aromatic rings. The molecule has 1 N–H and O–H groups in total. The number of ether oxygens (including phenoxy) is 1. The van der Waals surface area contributed by atoms with Crippen molar-refractivity contribution in [1.29, 1.82) is 0 Å². The Morgan fingerprint density at radius 1 is 1.37 bits per heavy atom. The van der Waals surface area contributed by atoms with Crippen LogP contribution < -0.4 is 4.90 Å². The molecule has 1 saturated heterocycles. The molecule has 1 aromatic carbocycles. The zero-order valence-electron chi connectivity index (χ0n) is 10.6. The largest absolute Gasteiger partial charge is 0.392 e. The van der Waals surface area contributed by atoms with Crippen LogP contribution in [0.2, 0.25) is 5.02 Å². The SMILES string of the molecule is CC(F)(F)c1c(CO)cc(Cl)cc1N1CCOCC1. The lowest BCUT2D eigenvalue weighted by Crippen LogP contribution is -2.37. The minimum absolute atomic E-state index is 0.152. The third kappa shape index (κ3) is 3.16. The average Bonchev–Trinajstić information content (AvgIpc) is 2.37. The van der Waals surface area contributed by atoms with Crippen molar-refractivity contribution in [3.63, 3.8) is 0 Å². The van der Waals surface area contributed by atoms with Gasteiger partial charge in [0.2, 0.25) is 0 Å². The van der Waals surface area contributed by atoms with E-state index in [2.05, 4.69) is 0 Å². The highest BCUT2D eigenvalue weighted by atomic mass is 35.5. The highest BCUT2D eigenvalue weighted by Gasteiger charge is 2.33. The molecule has 0 amide bonds. The Labute approximate surface area is 115 Å². The first-order chi connectivity index (χ1) is 8.93. The second-order valence-corrected chi connectivity index (χ2v) is 5.04. The lowest BCUT2D eigenvalue weighted by Gasteiger charge is -2.33. The van der Waals surface area contributed by atoms with Crippen molar-refractivity contribution >= 4 is 17.3 Å². The molecule has 19 heavy (non-hydrogen) atoms. The van der Waals surface area contributed by atoms with E-state index < -0.39 is 12.5 Å². The van der Waals surface area contributed by atoms with Crippen molar-refractivity contribution in [2.45, 2.75) is 19.5 Å². The van der Waals surface area contributed by atoms with Gasteiger partial charge < -0.3 is 14.7 Å². The fourth-order valence-corrected chi connectivity index (χ4v) is 2.57. The Morgan fingerprint density at radius 3 is 2.53 bits per heavy atom. The van der Waals surface area contributed by atoms with E-state index in [0.29, 0.717) is 37.0 Å². The minimum atomic E-state index is -3.03. The number of hydrogen-bond acceptors (Lipinski definition) is 3. The maximum atomic E-state index is 13.8. The molecule has 1 aliphatic heterocycles. The predicted octanol–water partition coefficient (Wildman–Crippen LogP) is 2.78. The van der Waals surface area contributed by atoms with E-state index in [-0.39, 0.29) is 11.1 Å². The van der Waals surface area contributed by atoms with Crippen molar-refractivity contribution in [2.75, 3.05) is 31.2 Å². The van der Waals surface area contributed by atoms with Crippen molar-refractivity contribution in [2.24, 2.45) is 0 Å². The highest BCUT2D eigenvalue weighted by molar-refractivity contribution is 6.31. The van der Waals surface area contributed by atoms with Gasteiger partial charge in [0.15, 0.2) is 0 Å². The maximum Gasteiger partial charge on any atom is 0.272 e. The van der Waals surface area contributed by atoms with Gasteiger partial charge in [0.05, 0.1) is 19.8 Å². The molecule has 2 rings (SSSR count). The smallest absolute Gasteiger partial charge is 0.272 e. The Hall–Kier alpha value is -0.910. The van der Waals surface area contributed by atoms with Crippen LogP contribution in [0.3, 0.4) is 0 Å². The summed E-state index contributed by atoms with van der Waals surface area (Å²) in [5.74, 6) is -3.03. The van der Waals surface area contributed by atoms with Crippen LogP contribution in [-0.4, -0.2) is 31.4 Å². The number of anilines is 1. The molecule has 0 saturated carbocycles. The lowest BCUT2D eigenvalue weighted by molar-refractivity contribution is 0.0155. The quantitative estimate of drug-likeness (QED) is 0.929. The zero-order chi connectivity index (χ0) is 14.0. The van der Waals surface area contributed by atoms with E-state index in [1.807, 2.05) is 4.90 Å². The minimum Gasteiger partial charge on any atom is -0.392 e. The number of alkyl halides is 2. The van der Waals surface area contributed by atoms with Gasteiger partial charge in [-0.05, 0) is 17.7 Å². The van der Waals surface area contributed by atoms with Crippen LogP contribution >= 0.6 is 11.6 Å². The van der Waals surface area contributed by atoms with Crippen LogP contribution in [0.15, 0.2) is 12.1 Å². The summed E-state index contributed by atoms with van der Waals surface area (Å²) in [6, 6.07) is 2.91. The summed E-state index contributed by atoms with van der Waals surface area (Å²) >= 11 is 5.96. The normalized spacial score (nSPS) is 16.8. The lowest BCUT2D eigenvalue weighted by atomic mass is 9.99. The molecule has 0 spiro atoms. The van der Waals surface area contributed by atoms with Gasteiger partial charge in [-0.15, -0.1) is 0 Å². The molecule has 0 atom stereocenters. The van der Waals surface area contributed by atoms with Crippen LogP contribution in [0.25, 0.3) is 0 Å². The first-order valence-corrected chi connectivity index (χ1v) is 6.45. The van der Waals surface area contributed by atoms with Gasteiger partial charge >= 0.3 is 0 Å². The second kappa shape index (κ2) is 5.61. The van der Waals surface area contributed by atoms with E-state index in [4.69, 9.17) is 16.3 Å². The topological polar surface area (TPSA) is 32.7 Å². The van der Waals surface area contributed by atoms with Gasteiger partial charge in [-0.3, -0.25) is 0 Å². The number of hydrogen-bond donors (Lipinski definition) is 1. The molecule has 6 heteroatoms. The molecule has 0 radical (unpaired) electrons. The summed E-state index contributed by atoms with van der Waals surface area (Å²) in [5, 5.41) is 9.64. The fourth-order valence-electron chi connectivity index (χ4n) is 2.33. The number of aliphatic hydroxyl groups is 1. The molecule has 0 unspecified atom stereocenters. The van der Waals surface area contributed by atoms with Gasteiger partial charge in [0.25, 0.3) is 5.92 Å². The van der Waals surface area contributed by atoms with E-state index in [1.165, 1.54) is 12.1 Å². The zero-order valence-corrected chi connectivity index (χ0v) is 11.4. The third-order valence-corrected chi connectivity index (χ3v) is 3.34. The fraction of sp³-hybridized carbons (Fsp3) is 0.538. The predicted molar refractivity (Wildman–Crippen MR) is 70.0 cm³/mol. The number of benzene rings is 1. The van der Waals surface area contributed by atoms with Crippen molar-refractivity contribution < 1.29 is 18.6 Å². The van der Waals surface area contributed by atoms with E-state index in [9.17, 15) is 13.9 Å². The highest BCUT2D eigenvalue weighted by Crippen LogP contribution is 2.39. The molecular formula is C13H16ClF2NO2. The maximum absolute atomic E-state index is 13.8. The average molecular weight is 292 g/mol. The summed E-state index contributed by atoms with van der Waals surface area (Å²) in [5.41, 5.74) is 0.398. The standard InChI is InChI=1S/C13H16ClF2NO2/c1-13(15,16)12-9(8-18)6-10(14)7-11(12)17-2-4-19-5-3-17/h6-7,18H,2-5,8H2,1H3. The van der Waals surface area contributed by atoms with Gasteiger partial charge in [-0.2, -0.15) is 0 Å². The molecular weight excluding hydrogens is 276 g/mol. The molecule has 1 aliphatic rings. The van der Waals surface area contributed by atoms with Crippen molar-refractivity contribution in [3.05, 3.63) is 28.3 Å². The number of rotatable bonds is 3. The van der Waals surface area contributed by atoms with Gasteiger partial charge in [-0.1, -0.05) is 11.6 Å². The Balaban J connectivity index is 2.53. The first kappa shape index (κ1) is 14.5. The summed E-state index contributed by atoms with van der Waals surface area (Å²) in [7, 11) is 0. The Bertz CT molecular complexity index is 457. The molecule has 0 bridgehead atoms. The van der Waals surface area contributed by atoms with Gasteiger partial charge in [0.1, 0.15) is 0 Å². The molecule has 0 aromatic heterocycles. The van der Waals surface area contributed by atoms with E-state index in [0.717, 1.165) is 6.92 Å². The number of halogens is 3. The molecule has 1 heterocycles. The van der Waals surface area contributed by atoms with Crippen LogP contribution in [0.5, 0.6) is 0 Å². The number of aliphatic hydroxyl groups excluding tert-OH is 1. The number of nitrogens with zero attached hydrogens (tertiary/aromatic N) is 1. The van der Waals surface area contributed by atoms with E-state index >= 15 is 0 Å². The Morgan fingerprint density at radius 2 is 2.00 bits per heavy atom. The van der Waals surface area contributed by atoms with Crippen molar-refractivity contribution in [3.8, 4) is 0 Å². The second-order valence-electron chi connectivity index (χ2n) is 4.60. The van der Waals surface area contributed by atoms with Crippen molar-refractivity contribution in [1.82, 2.24) is 0 Å². The summed E-state index contributed by atoms with van der Waals surface area (Å²) in [6.07, 6.45) is 0. The molecule has 1 fully saturated rings. The van der Waals surface area contributed by atoms with Crippen LogP contribution in [0, 0.1) is 0 Å². The van der Waals surface area contributed by atoms with E-state index in [1.54, 1.807) is 0 Å². The molecule has 106 valence electrons. The van der Waals surface area contributed by atoms with Crippen LogP contribution in [0.4, 0.5) is 14.5 Å². The van der Waals surface area contributed by atoms with Gasteiger partial charge in [-0.25, -0.2) is 8.78 Å².